The van der Waals surface area contributed by atoms with E-state index < -0.39 is 6.29 Å². The Labute approximate surface area is 84.5 Å². The molecule has 2 unspecified atom stereocenters. The lowest BCUT2D eigenvalue weighted by atomic mass is 10.2. The van der Waals surface area contributed by atoms with Crippen molar-refractivity contribution in [1.82, 2.24) is 0 Å². The van der Waals surface area contributed by atoms with E-state index >= 15 is 0 Å². The van der Waals surface area contributed by atoms with E-state index in [1.54, 1.807) is 0 Å². The van der Waals surface area contributed by atoms with Crippen LogP contribution in [0.1, 0.15) is 26.2 Å². The number of hydrogen-bond donors (Lipinski definition) is 0. The van der Waals surface area contributed by atoms with Gasteiger partial charge in [0.15, 0.2) is 6.29 Å². The first-order valence-electron chi connectivity index (χ1n) is 5.17. The predicted molar refractivity (Wildman–Crippen MR) is 51.0 cm³/mol. The van der Waals surface area contributed by atoms with Crippen LogP contribution in [0.4, 0.5) is 0 Å². The first-order chi connectivity index (χ1) is 6.86. The summed E-state index contributed by atoms with van der Waals surface area (Å²) in [5.41, 5.74) is 0. The quantitative estimate of drug-likeness (QED) is 0.478. The summed E-state index contributed by atoms with van der Waals surface area (Å²) < 4.78 is 15.7. The van der Waals surface area contributed by atoms with Crippen molar-refractivity contribution >= 4 is 6.29 Å². The summed E-state index contributed by atoms with van der Waals surface area (Å²) in [4.78, 5) is 10.4. The van der Waals surface area contributed by atoms with Crippen LogP contribution in [-0.4, -0.2) is 38.5 Å². The van der Waals surface area contributed by atoms with E-state index in [1.807, 2.05) is 0 Å². The minimum absolute atomic E-state index is 0.0100. The third-order valence-corrected chi connectivity index (χ3v) is 2.11. The van der Waals surface area contributed by atoms with Crippen LogP contribution < -0.4 is 0 Å². The van der Waals surface area contributed by atoms with E-state index in [4.69, 9.17) is 14.2 Å². The standard InChI is InChI=1S/C10H18O4/c1-2-3-5-12-8-9-4-6-13-10(7-11)14-9/h7,9-10H,2-6,8H2,1H3. The molecule has 0 spiro atoms. The summed E-state index contributed by atoms with van der Waals surface area (Å²) >= 11 is 0. The van der Waals surface area contributed by atoms with Crippen LogP contribution in [0, 0.1) is 0 Å². The fourth-order valence-electron chi connectivity index (χ4n) is 1.27. The zero-order valence-corrected chi connectivity index (χ0v) is 8.61. The minimum atomic E-state index is -0.691. The Bertz CT molecular complexity index is 160. The number of rotatable bonds is 6. The fourth-order valence-corrected chi connectivity index (χ4v) is 1.27. The van der Waals surface area contributed by atoms with Gasteiger partial charge in [-0.3, -0.25) is 4.79 Å². The Morgan fingerprint density at radius 3 is 3.14 bits per heavy atom. The number of hydrogen-bond acceptors (Lipinski definition) is 4. The molecule has 0 aromatic heterocycles. The van der Waals surface area contributed by atoms with Gasteiger partial charge in [0.05, 0.1) is 19.3 Å². The Hall–Kier alpha value is -0.450. The van der Waals surface area contributed by atoms with E-state index in [0.717, 1.165) is 25.9 Å². The first-order valence-corrected chi connectivity index (χ1v) is 5.17. The van der Waals surface area contributed by atoms with Gasteiger partial charge in [0.25, 0.3) is 0 Å². The van der Waals surface area contributed by atoms with E-state index in [0.29, 0.717) is 19.5 Å². The number of carbonyl (C=O) groups excluding carboxylic acids is 1. The molecule has 1 aliphatic heterocycles. The zero-order chi connectivity index (χ0) is 10.2. The number of unbranched alkanes of at least 4 members (excludes halogenated alkanes) is 1. The molecule has 82 valence electrons. The van der Waals surface area contributed by atoms with Crippen LogP contribution in [0.5, 0.6) is 0 Å². The largest absolute Gasteiger partial charge is 0.379 e. The summed E-state index contributed by atoms with van der Waals surface area (Å²) in [6.45, 7) is 4.03. The first kappa shape index (κ1) is 11.6. The molecule has 1 rings (SSSR count). The molecular formula is C10H18O4. The average Bonchev–Trinajstić information content (AvgIpc) is 2.25. The summed E-state index contributed by atoms with van der Waals surface area (Å²) in [5.74, 6) is 0. The van der Waals surface area contributed by atoms with E-state index in [2.05, 4.69) is 6.92 Å². The van der Waals surface area contributed by atoms with Gasteiger partial charge in [-0.15, -0.1) is 0 Å². The summed E-state index contributed by atoms with van der Waals surface area (Å²) in [5, 5.41) is 0. The van der Waals surface area contributed by atoms with Gasteiger partial charge in [0, 0.05) is 6.61 Å². The molecule has 0 aromatic carbocycles. The average molecular weight is 202 g/mol. The smallest absolute Gasteiger partial charge is 0.215 e. The second kappa shape index (κ2) is 6.92. The highest BCUT2D eigenvalue weighted by Gasteiger charge is 2.22. The third-order valence-electron chi connectivity index (χ3n) is 2.11. The fraction of sp³-hybridized carbons (Fsp3) is 0.900. The summed E-state index contributed by atoms with van der Waals surface area (Å²) in [7, 11) is 0. The number of carbonyl (C=O) groups is 1. The highest BCUT2D eigenvalue weighted by molar-refractivity contribution is 5.53. The second-order valence-corrected chi connectivity index (χ2v) is 3.35. The molecule has 0 radical (unpaired) electrons. The molecule has 1 heterocycles. The Kier molecular flexibility index (Phi) is 5.75. The van der Waals surface area contributed by atoms with Crippen LogP contribution in [0.15, 0.2) is 0 Å². The maximum Gasteiger partial charge on any atom is 0.215 e. The molecule has 0 N–H and O–H groups in total. The molecular weight excluding hydrogens is 184 g/mol. The van der Waals surface area contributed by atoms with Crippen molar-refractivity contribution in [3.8, 4) is 0 Å². The van der Waals surface area contributed by atoms with E-state index in [-0.39, 0.29) is 6.10 Å². The maximum absolute atomic E-state index is 10.4. The number of aldehydes is 1. The van der Waals surface area contributed by atoms with Crippen molar-refractivity contribution in [3.05, 3.63) is 0 Å². The van der Waals surface area contributed by atoms with Gasteiger partial charge >= 0.3 is 0 Å². The lowest BCUT2D eigenvalue weighted by molar-refractivity contribution is -0.211. The van der Waals surface area contributed by atoms with Crippen LogP contribution in [0.2, 0.25) is 0 Å². The molecule has 1 aliphatic rings. The van der Waals surface area contributed by atoms with Crippen LogP contribution in [0.3, 0.4) is 0 Å². The van der Waals surface area contributed by atoms with E-state index in [1.165, 1.54) is 0 Å². The minimum Gasteiger partial charge on any atom is -0.379 e. The third kappa shape index (κ3) is 4.17. The lowest BCUT2D eigenvalue weighted by Crippen LogP contribution is -2.35. The van der Waals surface area contributed by atoms with Gasteiger partial charge in [-0.05, 0) is 12.8 Å². The summed E-state index contributed by atoms with van der Waals surface area (Å²) in [6.07, 6.45) is 3.00. The van der Waals surface area contributed by atoms with Crippen LogP contribution >= 0.6 is 0 Å². The molecule has 4 nitrogen and oxygen atoms in total. The van der Waals surface area contributed by atoms with Gasteiger partial charge in [0.2, 0.25) is 6.29 Å². The monoisotopic (exact) mass is 202 g/mol. The number of ether oxygens (including phenoxy) is 3. The molecule has 0 saturated carbocycles. The van der Waals surface area contributed by atoms with Crippen molar-refractivity contribution in [2.24, 2.45) is 0 Å². The maximum atomic E-state index is 10.4. The molecule has 2 atom stereocenters. The zero-order valence-electron chi connectivity index (χ0n) is 8.61. The molecule has 0 bridgehead atoms. The van der Waals surface area contributed by atoms with Crippen molar-refractivity contribution in [3.63, 3.8) is 0 Å². The van der Waals surface area contributed by atoms with Crippen molar-refractivity contribution < 1.29 is 19.0 Å². The Balaban J connectivity index is 2.08. The molecule has 4 heteroatoms. The van der Waals surface area contributed by atoms with Gasteiger partial charge < -0.3 is 14.2 Å². The molecule has 0 aliphatic carbocycles. The Morgan fingerprint density at radius 1 is 1.57 bits per heavy atom. The lowest BCUT2D eigenvalue weighted by Gasteiger charge is -2.26. The molecule has 0 amide bonds. The van der Waals surface area contributed by atoms with Crippen molar-refractivity contribution in [2.45, 2.75) is 38.6 Å². The van der Waals surface area contributed by atoms with Crippen molar-refractivity contribution in [1.29, 1.82) is 0 Å². The molecule has 1 fully saturated rings. The highest BCUT2D eigenvalue weighted by atomic mass is 16.7. The van der Waals surface area contributed by atoms with Gasteiger partial charge in [-0.25, -0.2) is 0 Å². The molecule has 14 heavy (non-hydrogen) atoms. The van der Waals surface area contributed by atoms with Gasteiger partial charge in [-0.2, -0.15) is 0 Å². The van der Waals surface area contributed by atoms with Crippen LogP contribution in [-0.2, 0) is 19.0 Å². The summed E-state index contributed by atoms with van der Waals surface area (Å²) in [6, 6.07) is 0. The topological polar surface area (TPSA) is 44.8 Å². The molecule has 0 aromatic rings. The second-order valence-electron chi connectivity index (χ2n) is 3.35. The van der Waals surface area contributed by atoms with Gasteiger partial charge in [-0.1, -0.05) is 13.3 Å². The Morgan fingerprint density at radius 2 is 2.43 bits per heavy atom. The predicted octanol–water partition coefficient (Wildman–Crippen LogP) is 1.13. The van der Waals surface area contributed by atoms with E-state index in [9.17, 15) is 4.79 Å². The normalized spacial score (nSPS) is 27.5. The van der Waals surface area contributed by atoms with Crippen LogP contribution in [0.25, 0.3) is 0 Å². The van der Waals surface area contributed by atoms with Crippen molar-refractivity contribution in [2.75, 3.05) is 19.8 Å². The van der Waals surface area contributed by atoms with Gasteiger partial charge in [0.1, 0.15) is 0 Å². The highest BCUT2D eigenvalue weighted by Crippen LogP contribution is 2.11. The SMILES string of the molecule is CCCCOCC1CCOC(C=O)O1. The molecule has 1 saturated heterocycles.